The highest BCUT2D eigenvalue weighted by atomic mass is 35.5. The first-order valence-corrected chi connectivity index (χ1v) is 7.71. The summed E-state index contributed by atoms with van der Waals surface area (Å²) in [5, 5.41) is 2.69. The maximum Gasteiger partial charge on any atom is 0.414 e. The second-order valence-electron chi connectivity index (χ2n) is 5.76. The predicted molar refractivity (Wildman–Crippen MR) is 93.4 cm³/mol. The Morgan fingerprint density at radius 3 is 2.50 bits per heavy atom. The van der Waals surface area contributed by atoms with Crippen LogP contribution >= 0.6 is 0 Å². The zero-order valence-electron chi connectivity index (χ0n) is 14.6. The molecule has 3 aromatic rings. The first-order valence-electron chi connectivity index (χ1n) is 7.71. The second-order valence-corrected chi connectivity index (χ2v) is 5.76. The van der Waals surface area contributed by atoms with Crippen LogP contribution in [0.1, 0.15) is 0 Å². The van der Waals surface area contributed by atoms with Crippen molar-refractivity contribution in [2.45, 2.75) is 0 Å². The molecule has 1 N–H and O–H groups in total. The molecule has 0 saturated carbocycles. The summed E-state index contributed by atoms with van der Waals surface area (Å²) >= 11 is 0. The van der Waals surface area contributed by atoms with E-state index in [9.17, 15) is 9.59 Å². The van der Waals surface area contributed by atoms with Gasteiger partial charge in [-0.1, -0.05) is 0 Å². The van der Waals surface area contributed by atoms with Crippen LogP contribution in [0.4, 0.5) is 10.6 Å². The fourth-order valence-electron chi connectivity index (χ4n) is 2.58. The van der Waals surface area contributed by atoms with Gasteiger partial charge in [-0.05, 0) is 30.3 Å². The number of hydrogen-bond acceptors (Lipinski definition) is 3. The van der Waals surface area contributed by atoms with Gasteiger partial charge >= 0.3 is 6.09 Å². The number of benzene rings is 1. The number of aromatic nitrogens is 2. The zero-order valence-corrected chi connectivity index (χ0v) is 15.4. The number of carbonyl (C=O) groups excluding carboxylic acids is 2. The standard InChI is InChI=1S/C18H18N4O3.ClH/c1-20(2)18(24)25-14-9-7-13(8-10-14)15-11-22-16(19-12-23)5-4-6-17(22)21(15)3;/h4-12H,1-3H3;1H. The van der Waals surface area contributed by atoms with Crippen molar-refractivity contribution in [2.75, 3.05) is 19.4 Å². The molecule has 2 heterocycles. The lowest BCUT2D eigenvalue weighted by molar-refractivity contribution is -0.494. The number of aryl methyl sites for hydroxylation is 1. The minimum atomic E-state index is -0.419. The summed E-state index contributed by atoms with van der Waals surface area (Å²) < 4.78 is 9.16. The molecule has 0 aliphatic carbocycles. The number of carbonyl (C=O) groups is 2. The van der Waals surface area contributed by atoms with E-state index in [0.717, 1.165) is 16.9 Å². The van der Waals surface area contributed by atoms with Gasteiger partial charge in [0.05, 0.1) is 7.05 Å². The van der Waals surface area contributed by atoms with Crippen molar-refractivity contribution < 1.29 is 31.1 Å². The van der Waals surface area contributed by atoms with Crippen molar-refractivity contribution in [3.63, 3.8) is 0 Å². The Hall–Kier alpha value is -3.06. The van der Waals surface area contributed by atoms with E-state index in [1.165, 1.54) is 4.90 Å². The molecule has 2 amide bonds. The van der Waals surface area contributed by atoms with Crippen molar-refractivity contribution in [2.24, 2.45) is 7.05 Å². The first-order chi connectivity index (χ1) is 12.0. The van der Waals surface area contributed by atoms with E-state index in [1.807, 2.05) is 52.5 Å². The monoisotopic (exact) mass is 374 g/mol. The minimum Gasteiger partial charge on any atom is -1.00 e. The SMILES string of the molecule is CN(C)C(=O)Oc1ccc(-c2c[n+]3c(NC=O)cccc3n2C)cc1.[Cl-]. The molecule has 26 heavy (non-hydrogen) atoms. The molecule has 7 nitrogen and oxygen atoms in total. The molecule has 0 aliphatic rings. The third-order valence-corrected chi connectivity index (χ3v) is 3.89. The van der Waals surface area contributed by atoms with Crippen LogP contribution in [-0.4, -0.2) is 36.1 Å². The molecule has 2 aromatic heterocycles. The van der Waals surface area contributed by atoms with Gasteiger partial charge in [-0.3, -0.25) is 9.36 Å². The molecule has 0 fully saturated rings. The van der Waals surface area contributed by atoms with E-state index in [-0.39, 0.29) is 12.4 Å². The van der Waals surface area contributed by atoms with Gasteiger partial charge in [0.2, 0.25) is 11.5 Å². The summed E-state index contributed by atoms with van der Waals surface area (Å²) in [6.45, 7) is 0. The summed E-state index contributed by atoms with van der Waals surface area (Å²) in [5.74, 6) is 1.17. The molecule has 0 saturated heterocycles. The lowest BCUT2D eigenvalue weighted by atomic mass is 10.1. The van der Waals surface area contributed by atoms with Crippen molar-refractivity contribution in [1.29, 1.82) is 0 Å². The highest BCUT2D eigenvalue weighted by Crippen LogP contribution is 2.23. The fraction of sp³-hybridized carbons (Fsp3) is 0.167. The average Bonchev–Trinajstić information content (AvgIpc) is 2.94. The molecule has 0 atom stereocenters. The lowest BCUT2D eigenvalue weighted by Gasteiger charge is -2.10. The number of hydrogen-bond donors (Lipinski definition) is 1. The molecule has 0 aliphatic heterocycles. The average molecular weight is 375 g/mol. The quantitative estimate of drug-likeness (QED) is 0.473. The van der Waals surface area contributed by atoms with E-state index in [2.05, 4.69) is 5.32 Å². The maximum atomic E-state index is 11.6. The fourth-order valence-corrected chi connectivity index (χ4v) is 2.58. The van der Waals surface area contributed by atoms with Gasteiger partial charge in [0, 0.05) is 31.8 Å². The Balaban J connectivity index is 0.00000243. The molecule has 1 aromatic carbocycles. The van der Waals surface area contributed by atoms with E-state index in [0.29, 0.717) is 18.0 Å². The Bertz CT molecular complexity index is 936. The molecule has 0 spiro atoms. The summed E-state index contributed by atoms with van der Waals surface area (Å²) in [6, 6.07) is 13.0. The second kappa shape index (κ2) is 7.88. The zero-order chi connectivity index (χ0) is 18.0. The van der Waals surface area contributed by atoms with Gasteiger partial charge in [-0.25, -0.2) is 14.5 Å². The highest BCUT2D eigenvalue weighted by molar-refractivity contribution is 5.71. The Kier molecular flexibility index (Phi) is 5.84. The molecule has 0 bridgehead atoms. The van der Waals surface area contributed by atoms with Gasteiger partial charge < -0.3 is 22.0 Å². The third-order valence-electron chi connectivity index (χ3n) is 3.89. The van der Waals surface area contributed by atoms with Crippen molar-refractivity contribution in [3.8, 4) is 17.0 Å². The number of ether oxygens (including phenoxy) is 1. The van der Waals surface area contributed by atoms with Crippen LogP contribution in [0.5, 0.6) is 5.75 Å². The molecule has 136 valence electrons. The summed E-state index contributed by atoms with van der Waals surface area (Å²) in [7, 11) is 5.22. The van der Waals surface area contributed by atoms with E-state index < -0.39 is 6.09 Å². The molecule has 0 radical (unpaired) electrons. The van der Waals surface area contributed by atoms with Gasteiger partial charge in [-0.15, -0.1) is 0 Å². The van der Waals surface area contributed by atoms with Gasteiger partial charge in [0.15, 0.2) is 0 Å². The smallest absolute Gasteiger partial charge is 0.414 e. The number of nitrogens with zero attached hydrogens (tertiary/aromatic N) is 3. The molecular weight excluding hydrogens is 356 g/mol. The van der Waals surface area contributed by atoms with Crippen LogP contribution in [0.25, 0.3) is 16.9 Å². The van der Waals surface area contributed by atoms with Crippen LogP contribution in [0, 0.1) is 0 Å². The summed E-state index contributed by atoms with van der Waals surface area (Å²) in [4.78, 5) is 23.7. The predicted octanol–water partition coefficient (Wildman–Crippen LogP) is -0.936. The number of rotatable bonds is 4. The molecular formula is C18H19ClN4O3. The lowest BCUT2D eigenvalue weighted by Crippen LogP contribution is -3.00. The van der Waals surface area contributed by atoms with Crippen LogP contribution < -0.4 is 26.9 Å². The number of fused-ring (bicyclic) bond motifs is 1. The van der Waals surface area contributed by atoms with Crippen LogP contribution in [0.15, 0.2) is 48.7 Å². The minimum absolute atomic E-state index is 0. The Morgan fingerprint density at radius 2 is 1.88 bits per heavy atom. The van der Waals surface area contributed by atoms with Crippen molar-refractivity contribution >= 4 is 24.0 Å². The molecule has 8 heteroatoms. The van der Waals surface area contributed by atoms with Crippen LogP contribution in [-0.2, 0) is 11.8 Å². The van der Waals surface area contributed by atoms with E-state index in [1.54, 1.807) is 26.2 Å². The largest absolute Gasteiger partial charge is 1.00 e. The maximum absolute atomic E-state index is 11.6. The van der Waals surface area contributed by atoms with E-state index in [4.69, 9.17) is 4.74 Å². The normalized spacial score (nSPS) is 10.1. The Labute approximate surface area is 157 Å². The van der Waals surface area contributed by atoms with Gasteiger partial charge in [0.1, 0.15) is 17.6 Å². The number of nitrogens with one attached hydrogen (secondary N) is 1. The summed E-state index contributed by atoms with van der Waals surface area (Å²) in [6.07, 6.45) is 2.18. The number of anilines is 1. The molecule has 3 rings (SSSR count). The number of pyridine rings is 1. The van der Waals surface area contributed by atoms with Gasteiger partial charge in [0.25, 0.3) is 6.41 Å². The van der Waals surface area contributed by atoms with Crippen LogP contribution in [0.3, 0.4) is 0 Å². The van der Waals surface area contributed by atoms with Crippen molar-refractivity contribution in [3.05, 3.63) is 48.7 Å². The number of halogens is 1. The third kappa shape index (κ3) is 3.62. The highest BCUT2D eigenvalue weighted by Gasteiger charge is 2.16. The summed E-state index contributed by atoms with van der Waals surface area (Å²) in [5.41, 5.74) is 2.86. The van der Waals surface area contributed by atoms with E-state index >= 15 is 0 Å². The topological polar surface area (TPSA) is 67.7 Å². The number of imidazole rings is 1. The van der Waals surface area contributed by atoms with Crippen molar-refractivity contribution in [1.82, 2.24) is 9.47 Å². The first kappa shape index (κ1) is 19.3. The van der Waals surface area contributed by atoms with Crippen LogP contribution in [0.2, 0.25) is 0 Å². The van der Waals surface area contributed by atoms with Gasteiger partial charge in [-0.2, -0.15) is 0 Å². The Morgan fingerprint density at radius 1 is 1.19 bits per heavy atom. The molecule has 0 unspecified atom stereocenters. The number of amides is 2.